The van der Waals surface area contributed by atoms with E-state index in [1.54, 1.807) is 25.5 Å². The number of aryl methyl sites for hydroxylation is 1. The zero-order valence-electron chi connectivity index (χ0n) is 18.6. The molecule has 1 amide bonds. The number of carbonyl (C=O) groups is 1. The first-order valence-electron chi connectivity index (χ1n) is 10.4. The van der Waals surface area contributed by atoms with Crippen molar-refractivity contribution in [3.63, 3.8) is 0 Å². The van der Waals surface area contributed by atoms with Crippen LogP contribution in [-0.4, -0.2) is 39.7 Å². The van der Waals surface area contributed by atoms with E-state index in [9.17, 15) is 4.79 Å². The fraction of sp³-hybridized carbons (Fsp3) is 0.120. The molecular weight excluding hydrogens is 470 g/mol. The molecule has 0 saturated carbocycles. The molecule has 0 aliphatic rings. The minimum atomic E-state index is -0.250. The predicted octanol–water partition coefficient (Wildman–Crippen LogP) is 5.15. The highest BCUT2D eigenvalue weighted by molar-refractivity contribution is 7.99. The van der Waals surface area contributed by atoms with E-state index in [1.807, 2.05) is 72.2 Å². The molecular formula is C25H22ClN5O2S. The number of benzene rings is 3. The van der Waals surface area contributed by atoms with Gasteiger partial charge in [-0.2, -0.15) is 5.10 Å². The smallest absolute Gasteiger partial charge is 0.250 e. The van der Waals surface area contributed by atoms with Gasteiger partial charge in [-0.3, -0.25) is 9.36 Å². The van der Waals surface area contributed by atoms with Crippen LogP contribution in [0, 0.1) is 6.92 Å². The van der Waals surface area contributed by atoms with Gasteiger partial charge in [-0.15, -0.1) is 10.2 Å². The van der Waals surface area contributed by atoms with Crippen LogP contribution in [0.4, 0.5) is 0 Å². The Hall–Kier alpha value is -3.62. The molecule has 0 spiro atoms. The maximum atomic E-state index is 12.4. The lowest BCUT2D eigenvalue weighted by atomic mass is 10.2. The van der Waals surface area contributed by atoms with Gasteiger partial charge in [0.2, 0.25) is 0 Å². The van der Waals surface area contributed by atoms with Crippen molar-refractivity contribution in [2.24, 2.45) is 5.10 Å². The third-order valence-electron chi connectivity index (χ3n) is 4.88. The number of aromatic nitrogens is 3. The Balaban J connectivity index is 1.51. The lowest BCUT2D eigenvalue weighted by Crippen LogP contribution is -2.20. The first-order chi connectivity index (χ1) is 16.5. The highest BCUT2D eigenvalue weighted by Gasteiger charge is 2.17. The summed E-state index contributed by atoms with van der Waals surface area (Å²) in [6.45, 7) is 2.03. The molecule has 0 atom stereocenters. The van der Waals surface area contributed by atoms with Gasteiger partial charge in [-0.05, 0) is 61.0 Å². The number of amides is 1. The number of nitrogens with zero attached hydrogens (tertiary/aromatic N) is 4. The lowest BCUT2D eigenvalue weighted by Gasteiger charge is -2.11. The quantitative estimate of drug-likeness (QED) is 0.209. The first-order valence-corrected chi connectivity index (χ1v) is 11.8. The maximum absolute atomic E-state index is 12.4. The minimum Gasteiger partial charge on any atom is -0.497 e. The van der Waals surface area contributed by atoms with E-state index in [1.165, 1.54) is 11.8 Å². The van der Waals surface area contributed by atoms with Gasteiger partial charge in [0.15, 0.2) is 11.0 Å². The van der Waals surface area contributed by atoms with Gasteiger partial charge in [0.05, 0.1) is 19.1 Å². The number of hydrogen-bond donors (Lipinski definition) is 1. The maximum Gasteiger partial charge on any atom is 0.250 e. The molecule has 0 aliphatic carbocycles. The van der Waals surface area contributed by atoms with Crippen molar-refractivity contribution in [2.75, 3.05) is 12.9 Å². The van der Waals surface area contributed by atoms with Crippen molar-refractivity contribution < 1.29 is 9.53 Å². The highest BCUT2D eigenvalue weighted by atomic mass is 35.5. The van der Waals surface area contributed by atoms with Crippen LogP contribution in [0.15, 0.2) is 83.1 Å². The lowest BCUT2D eigenvalue weighted by molar-refractivity contribution is -0.118. The van der Waals surface area contributed by atoms with Crippen molar-refractivity contribution in [2.45, 2.75) is 12.1 Å². The summed E-state index contributed by atoms with van der Waals surface area (Å²) in [4.78, 5) is 12.4. The van der Waals surface area contributed by atoms with Crippen LogP contribution in [0.25, 0.3) is 17.1 Å². The summed E-state index contributed by atoms with van der Waals surface area (Å²) in [5.74, 6) is 1.32. The second-order valence-electron chi connectivity index (χ2n) is 7.34. The largest absolute Gasteiger partial charge is 0.497 e. The molecule has 1 aromatic heterocycles. The molecule has 9 heteroatoms. The van der Waals surface area contributed by atoms with Crippen LogP contribution in [-0.2, 0) is 4.79 Å². The summed E-state index contributed by atoms with van der Waals surface area (Å²) in [6.07, 6.45) is 1.56. The third-order valence-corrected chi connectivity index (χ3v) is 6.06. The Morgan fingerprint density at radius 1 is 1.06 bits per heavy atom. The van der Waals surface area contributed by atoms with Crippen LogP contribution in [0.3, 0.4) is 0 Å². The molecule has 4 rings (SSSR count). The number of hydrogen-bond acceptors (Lipinski definition) is 6. The number of ether oxygens (including phenoxy) is 1. The Kier molecular flexibility index (Phi) is 7.61. The monoisotopic (exact) mass is 491 g/mol. The predicted molar refractivity (Wildman–Crippen MR) is 136 cm³/mol. The molecule has 1 heterocycles. The molecule has 0 radical (unpaired) electrons. The van der Waals surface area contributed by atoms with E-state index >= 15 is 0 Å². The van der Waals surface area contributed by atoms with E-state index < -0.39 is 0 Å². The summed E-state index contributed by atoms with van der Waals surface area (Å²) in [6, 6.07) is 22.8. The Morgan fingerprint density at radius 3 is 2.44 bits per heavy atom. The summed E-state index contributed by atoms with van der Waals surface area (Å²) in [5.41, 5.74) is 6.32. The molecule has 4 aromatic rings. The fourth-order valence-electron chi connectivity index (χ4n) is 3.11. The van der Waals surface area contributed by atoms with Gasteiger partial charge in [0, 0.05) is 16.3 Å². The van der Waals surface area contributed by atoms with Gasteiger partial charge in [-0.25, -0.2) is 5.43 Å². The zero-order valence-corrected chi connectivity index (χ0v) is 20.2. The molecule has 7 nitrogen and oxygen atoms in total. The van der Waals surface area contributed by atoms with Gasteiger partial charge >= 0.3 is 0 Å². The van der Waals surface area contributed by atoms with Crippen molar-refractivity contribution >= 4 is 35.5 Å². The number of hydrazone groups is 1. The molecule has 0 fully saturated rings. The van der Waals surface area contributed by atoms with Gasteiger partial charge in [0.25, 0.3) is 5.91 Å². The van der Waals surface area contributed by atoms with Crippen LogP contribution in [0.2, 0.25) is 5.02 Å². The van der Waals surface area contributed by atoms with Gasteiger partial charge in [-0.1, -0.05) is 53.2 Å². The molecule has 1 N–H and O–H groups in total. The summed E-state index contributed by atoms with van der Waals surface area (Å²) >= 11 is 7.17. The normalized spacial score (nSPS) is 11.0. The molecule has 0 bridgehead atoms. The number of methoxy groups -OCH3 is 1. The van der Waals surface area contributed by atoms with Crippen LogP contribution in [0.5, 0.6) is 5.75 Å². The average Bonchev–Trinajstić information content (AvgIpc) is 3.28. The summed E-state index contributed by atoms with van der Waals surface area (Å²) in [7, 11) is 1.63. The van der Waals surface area contributed by atoms with Gasteiger partial charge < -0.3 is 4.74 Å². The van der Waals surface area contributed by atoms with Gasteiger partial charge in [0.1, 0.15) is 5.75 Å². The molecule has 34 heavy (non-hydrogen) atoms. The number of rotatable bonds is 8. The molecule has 0 aliphatic heterocycles. The SMILES string of the molecule is COc1ccc(-c2nnc(SCC(=O)NN=Cc3ccc(Cl)cc3)n2-c2ccc(C)cc2)cc1. The highest BCUT2D eigenvalue weighted by Crippen LogP contribution is 2.29. The minimum absolute atomic E-state index is 0.130. The Morgan fingerprint density at radius 2 is 1.76 bits per heavy atom. The van der Waals surface area contributed by atoms with E-state index in [-0.39, 0.29) is 11.7 Å². The van der Waals surface area contributed by atoms with E-state index in [2.05, 4.69) is 20.7 Å². The molecule has 0 saturated heterocycles. The zero-order chi connectivity index (χ0) is 23.9. The number of nitrogens with one attached hydrogen (secondary N) is 1. The van der Waals surface area contributed by atoms with Crippen LogP contribution in [0.1, 0.15) is 11.1 Å². The second-order valence-corrected chi connectivity index (χ2v) is 8.72. The summed E-state index contributed by atoms with van der Waals surface area (Å²) in [5, 5.41) is 14.0. The van der Waals surface area contributed by atoms with E-state index in [0.717, 1.165) is 28.1 Å². The number of thioether (sulfide) groups is 1. The van der Waals surface area contributed by atoms with E-state index in [0.29, 0.717) is 16.0 Å². The molecule has 0 unspecified atom stereocenters. The van der Waals surface area contributed by atoms with Crippen molar-refractivity contribution in [1.82, 2.24) is 20.2 Å². The standard InChI is InChI=1S/C25H22ClN5O2S/c1-17-3-11-21(12-4-17)31-24(19-7-13-22(33-2)14-8-19)29-30-25(31)34-16-23(32)28-27-15-18-5-9-20(26)10-6-18/h3-15H,16H2,1-2H3,(H,28,32). The number of halogens is 1. The van der Waals surface area contributed by atoms with Crippen LogP contribution < -0.4 is 10.2 Å². The van der Waals surface area contributed by atoms with Crippen molar-refractivity contribution in [1.29, 1.82) is 0 Å². The molecule has 3 aromatic carbocycles. The first kappa shape index (κ1) is 23.5. The van der Waals surface area contributed by atoms with Crippen LogP contribution >= 0.6 is 23.4 Å². The Labute approximate surface area is 206 Å². The fourth-order valence-corrected chi connectivity index (χ4v) is 3.98. The van der Waals surface area contributed by atoms with Crippen molar-refractivity contribution in [3.8, 4) is 22.8 Å². The van der Waals surface area contributed by atoms with E-state index in [4.69, 9.17) is 16.3 Å². The summed E-state index contributed by atoms with van der Waals surface area (Å²) < 4.78 is 7.20. The number of carbonyl (C=O) groups excluding carboxylic acids is 1. The third kappa shape index (κ3) is 5.84. The average molecular weight is 492 g/mol. The second kappa shape index (κ2) is 11.0. The topological polar surface area (TPSA) is 81.4 Å². The van der Waals surface area contributed by atoms with Crippen molar-refractivity contribution in [3.05, 3.63) is 88.9 Å². The molecule has 172 valence electrons. The Bertz CT molecular complexity index is 1290.